The first-order valence-corrected chi connectivity index (χ1v) is 11.4. The van der Waals surface area contributed by atoms with Crippen LogP contribution in [0.3, 0.4) is 0 Å². The lowest BCUT2D eigenvalue weighted by Crippen LogP contribution is -2.24. The van der Waals surface area contributed by atoms with Crippen LogP contribution in [0.4, 0.5) is 5.69 Å². The minimum atomic E-state index is -3.73. The summed E-state index contributed by atoms with van der Waals surface area (Å²) in [6.07, 6.45) is 3.29. The molecule has 1 aromatic heterocycles. The molecular weight excluding hydrogens is 424 g/mol. The molecule has 0 radical (unpaired) electrons. The Morgan fingerprint density at radius 2 is 1.74 bits per heavy atom. The number of benzene rings is 1. The number of ether oxygens (including phenoxy) is 2. The molecule has 10 heteroatoms. The molecule has 168 valence electrons. The number of hydrogen-bond donors (Lipinski definition) is 0. The van der Waals surface area contributed by atoms with Gasteiger partial charge in [-0.05, 0) is 44.0 Å². The number of hydrogen-bond acceptors (Lipinski definition) is 8. The first kappa shape index (κ1) is 22.8. The highest BCUT2D eigenvalue weighted by Crippen LogP contribution is 2.29. The molecular formula is C21H26N2O7S. The zero-order chi connectivity index (χ0) is 22.6. The quantitative estimate of drug-likeness (QED) is 0.565. The highest BCUT2D eigenvalue weighted by molar-refractivity contribution is 7.89. The molecule has 2 heterocycles. The zero-order valence-corrected chi connectivity index (χ0v) is 18.6. The summed E-state index contributed by atoms with van der Waals surface area (Å²) in [7, 11) is -0.876. The molecule has 0 bridgehead atoms. The summed E-state index contributed by atoms with van der Waals surface area (Å²) in [5.74, 6) is -1.12. The fourth-order valence-electron chi connectivity index (χ4n) is 3.34. The lowest BCUT2D eigenvalue weighted by Gasteiger charge is -2.22. The van der Waals surface area contributed by atoms with Crippen molar-refractivity contribution in [1.82, 2.24) is 4.31 Å². The number of furan rings is 1. The smallest absolute Gasteiger partial charge is 0.341 e. The predicted octanol–water partition coefficient (Wildman–Crippen LogP) is 2.66. The van der Waals surface area contributed by atoms with Gasteiger partial charge in [-0.25, -0.2) is 22.3 Å². The molecule has 2 aromatic rings. The van der Waals surface area contributed by atoms with E-state index in [1.807, 2.05) is 4.90 Å². The van der Waals surface area contributed by atoms with Gasteiger partial charge in [0.1, 0.15) is 5.56 Å². The average molecular weight is 451 g/mol. The predicted molar refractivity (Wildman–Crippen MR) is 113 cm³/mol. The van der Waals surface area contributed by atoms with Crippen LogP contribution in [-0.2, 0) is 26.1 Å². The van der Waals surface area contributed by atoms with Crippen molar-refractivity contribution in [2.24, 2.45) is 0 Å². The van der Waals surface area contributed by atoms with Crippen molar-refractivity contribution >= 4 is 27.6 Å². The Labute approximate surface area is 181 Å². The van der Waals surface area contributed by atoms with E-state index in [0.29, 0.717) is 5.69 Å². The number of carbonyl (C=O) groups excluding carboxylic acids is 2. The van der Waals surface area contributed by atoms with E-state index in [-0.39, 0.29) is 35.0 Å². The van der Waals surface area contributed by atoms with Crippen molar-refractivity contribution in [3.8, 4) is 0 Å². The maximum atomic E-state index is 13.0. The normalized spacial score (nSPS) is 14.1. The van der Waals surface area contributed by atoms with E-state index in [9.17, 15) is 18.0 Å². The number of carbonyl (C=O) groups is 2. The Bertz CT molecular complexity index is 1050. The Kier molecular flexibility index (Phi) is 7.01. The highest BCUT2D eigenvalue weighted by atomic mass is 32.2. The van der Waals surface area contributed by atoms with E-state index in [1.165, 1.54) is 38.6 Å². The molecule has 1 aliphatic heterocycles. The average Bonchev–Trinajstić information content (AvgIpc) is 3.43. The molecule has 0 spiro atoms. The standard InChI is InChI=1S/C21H26N2O7S/c1-4-28-20(24)16-9-12-29-19(16)14-30-21(25)17-13-15(31(26,27)22(2)3)7-8-18(17)23-10-5-6-11-23/h7-9,12-13H,4-6,10-11,14H2,1-3H3. The SMILES string of the molecule is CCOC(=O)c1ccoc1COC(=O)c1cc(S(=O)(=O)N(C)C)ccc1N1CCCC1. The molecule has 1 aromatic carbocycles. The Hall–Kier alpha value is -2.85. The Balaban J connectivity index is 1.88. The van der Waals surface area contributed by atoms with Gasteiger partial charge in [-0.2, -0.15) is 0 Å². The topological polar surface area (TPSA) is 106 Å². The van der Waals surface area contributed by atoms with Crippen LogP contribution in [0.25, 0.3) is 0 Å². The van der Waals surface area contributed by atoms with Gasteiger partial charge < -0.3 is 18.8 Å². The largest absolute Gasteiger partial charge is 0.465 e. The number of nitrogens with zero attached hydrogens (tertiary/aromatic N) is 2. The van der Waals surface area contributed by atoms with Crippen LogP contribution in [0.1, 0.15) is 46.2 Å². The van der Waals surface area contributed by atoms with Gasteiger partial charge in [0.2, 0.25) is 10.0 Å². The minimum Gasteiger partial charge on any atom is -0.465 e. The molecule has 0 saturated carbocycles. The molecule has 0 atom stereocenters. The lowest BCUT2D eigenvalue weighted by atomic mass is 10.1. The molecule has 1 aliphatic rings. The monoisotopic (exact) mass is 450 g/mol. The summed E-state index contributed by atoms with van der Waals surface area (Å²) in [6.45, 7) is 3.14. The van der Waals surface area contributed by atoms with Crippen molar-refractivity contribution < 1.29 is 31.9 Å². The van der Waals surface area contributed by atoms with Crippen LogP contribution >= 0.6 is 0 Å². The number of sulfonamides is 1. The summed E-state index contributed by atoms with van der Waals surface area (Å²) in [5.41, 5.74) is 0.942. The number of esters is 2. The zero-order valence-electron chi connectivity index (χ0n) is 17.8. The molecule has 31 heavy (non-hydrogen) atoms. The minimum absolute atomic E-state index is 0.00221. The number of anilines is 1. The molecule has 9 nitrogen and oxygen atoms in total. The maximum Gasteiger partial charge on any atom is 0.341 e. The molecule has 0 amide bonds. The second-order valence-electron chi connectivity index (χ2n) is 7.21. The highest BCUT2D eigenvalue weighted by Gasteiger charge is 2.26. The van der Waals surface area contributed by atoms with Crippen LogP contribution < -0.4 is 4.90 Å². The Morgan fingerprint density at radius 1 is 1.06 bits per heavy atom. The van der Waals surface area contributed by atoms with Crippen molar-refractivity contribution in [2.45, 2.75) is 31.3 Å². The van der Waals surface area contributed by atoms with Crippen LogP contribution in [0.15, 0.2) is 39.8 Å². The van der Waals surface area contributed by atoms with Gasteiger partial charge in [0.25, 0.3) is 0 Å². The summed E-state index contributed by atoms with van der Waals surface area (Å²) < 4.78 is 41.8. The summed E-state index contributed by atoms with van der Waals surface area (Å²) in [4.78, 5) is 27.0. The first-order chi connectivity index (χ1) is 14.8. The van der Waals surface area contributed by atoms with E-state index < -0.39 is 22.0 Å². The summed E-state index contributed by atoms with van der Waals surface area (Å²) in [6, 6.07) is 5.90. The number of rotatable bonds is 8. The van der Waals surface area contributed by atoms with E-state index in [2.05, 4.69) is 0 Å². The third kappa shape index (κ3) is 4.91. The summed E-state index contributed by atoms with van der Waals surface area (Å²) >= 11 is 0. The maximum absolute atomic E-state index is 13.0. The van der Waals surface area contributed by atoms with Crippen LogP contribution in [0.5, 0.6) is 0 Å². The van der Waals surface area contributed by atoms with E-state index in [1.54, 1.807) is 13.0 Å². The van der Waals surface area contributed by atoms with Crippen molar-refractivity contribution in [3.63, 3.8) is 0 Å². The van der Waals surface area contributed by atoms with Crippen LogP contribution in [-0.4, -0.2) is 58.5 Å². The van der Waals surface area contributed by atoms with Crippen molar-refractivity contribution in [1.29, 1.82) is 0 Å². The lowest BCUT2D eigenvalue weighted by molar-refractivity contribution is 0.0423. The van der Waals surface area contributed by atoms with Gasteiger partial charge in [-0.3, -0.25) is 0 Å². The second-order valence-corrected chi connectivity index (χ2v) is 9.37. The molecule has 3 rings (SSSR count). The van der Waals surface area contributed by atoms with Crippen molar-refractivity contribution in [3.05, 3.63) is 47.4 Å². The van der Waals surface area contributed by atoms with E-state index >= 15 is 0 Å². The van der Waals surface area contributed by atoms with Gasteiger partial charge in [-0.15, -0.1) is 0 Å². The fourth-order valence-corrected chi connectivity index (χ4v) is 4.26. The van der Waals surface area contributed by atoms with Crippen molar-refractivity contribution in [2.75, 3.05) is 38.7 Å². The van der Waals surface area contributed by atoms with Gasteiger partial charge in [-0.1, -0.05) is 0 Å². The fraction of sp³-hybridized carbons (Fsp3) is 0.429. The molecule has 1 saturated heterocycles. The van der Waals surface area contributed by atoms with E-state index in [4.69, 9.17) is 13.9 Å². The van der Waals surface area contributed by atoms with Gasteiger partial charge in [0.15, 0.2) is 12.4 Å². The van der Waals surface area contributed by atoms with Crippen LogP contribution in [0, 0.1) is 0 Å². The van der Waals surface area contributed by atoms with E-state index in [0.717, 1.165) is 30.2 Å². The third-order valence-electron chi connectivity index (χ3n) is 4.99. The third-order valence-corrected chi connectivity index (χ3v) is 6.80. The van der Waals surface area contributed by atoms with Gasteiger partial charge in [0, 0.05) is 27.2 Å². The van der Waals surface area contributed by atoms with Crippen LogP contribution in [0.2, 0.25) is 0 Å². The molecule has 0 N–H and O–H groups in total. The summed E-state index contributed by atoms with van der Waals surface area (Å²) in [5, 5.41) is 0. The van der Waals surface area contributed by atoms with Gasteiger partial charge in [0.05, 0.1) is 29.0 Å². The van der Waals surface area contributed by atoms with Gasteiger partial charge >= 0.3 is 11.9 Å². The molecule has 0 unspecified atom stereocenters. The Morgan fingerprint density at radius 3 is 2.39 bits per heavy atom. The first-order valence-electron chi connectivity index (χ1n) is 9.97. The second kappa shape index (κ2) is 9.52. The molecule has 0 aliphatic carbocycles. The molecule has 1 fully saturated rings.